The van der Waals surface area contributed by atoms with Gasteiger partial charge in [-0.25, -0.2) is 17.9 Å². The fraction of sp³-hybridized carbons (Fsp3) is 0.188. The summed E-state index contributed by atoms with van der Waals surface area (Å²) in [7, 11) is -3.63. The van der Waals surface area contributed by atoms with Crippen molar-refractivity contribution in [1.29, 1.82) is 0 Å². The van der Waals surface area contributed by atoms with Crippen LogP contribution in [0.25, 0.3) is 0 Å². The normalized spacial score (nSPS) is 17.8. The van der Waals surface area contributed by atoms with Gasteiger partial charge in [0.25, 0.3) is 0 Å². The second-order valence-corrected chi connectivity index (χ2v) is 7.46. The first-order chi connectivity index (χ1) is 11.5. The molecular formula is C16H15ClN2O4S. The summed E-state index contributed by atoms with van der Waals surface area (Å²) in [6.45, 7) is 0.247. The number of nitrogens with one attached hydrogen (secondary N) is 1. The summed E-state index contributed by atoms with van der Waals surface area (Å²) >= 11 is 5.93. The minimum atomic E-state index is -3.63. The van der Waals surface area contributed by atoms with Gasteiger partial charge in [0.2, 0.25) is 10.0 Å². The van der Waals surface area contributed by atoms with Crippen LogP contribution in [0, 0.1) is 0 Å². The molecule has 0 bridgehead atoms. The average molecular weight is 367 g/mol. The maximum atomic E-state index is 12.2. The molecule has 1 heterocycles. The van der Waals surface area contributed by atoms with Gasteiger partial charge in [-0.3, -0.25) is 4.90 Å². The zero-order valence-electron chi connectivity index (χ0n) is 12.6. The number of ether oxygens (including phenoxy) is 1. The number of cyclic esters (lactones) is 1. The Morgan fingerprint density at radius 2 is 1.92 bits per heavy atom. The first-order valence-corrected chi connectivity index (χ1v) is 9.10. The zero-order valence-corrected chi connectivity index (χ0v) is 14.1. The third kappa shape index (κ3) is 3.69. The van der Waals surface area contributed by atoms with Crippen molar-refractivity contribution in [2.45, 2.75) is 11.0 Å². The summed E-state index contributed by atoms with van der Waals surface area (Å²) in [6.07, 6.45) is -1.10. The predicted molar refractivity (Wildman–Crippen MR) is 90.7 cm³/mol. The maximum Gasteiger partial charge on any atom is 0.414 e. The highest BCUT2D eigenvalue weighted by molar-refractivity contribution is 7.89. The van der Waals surface area contributed by atoms with Crippen LogP contribution in [0.3, 0.4) is 0 Å². The number of carbonyl (C=O) groups is 1. The molecule has 24 heavy (non-hydrogen) atoms. The molecule has 2 aromatic carbocycles. The lowest BCUT2D eigenvalue weighted by atomic mass is 10.3. The van der Waals surface area contributed by atoms with Gasteiger partial charge in [-0.2, -0.15) is 0 Å². The first kappa shape index (κ1) is 16.8. The molecule has 0 aromatic heterocycles. The SMILES string of the molecule is O=C1OC(CNS(=O)(=O)c2ccccc2)CN1c1cccc(Cl)c1. The van der Waals surface area contributed by atoms with Gasteiger partial charge >= 0.3 is 6.09 Å². The molecule has 1 aliphatic heterocycles. The Bertz CT molecular complexity index is 842. The molecule has 6 nitrogen and oxygen atoms in total. The largest absolute Gasteiger partial charge is 0.443 e. The van der Waals surface area contributed by atoms with E-state index in [0.717, 1.165) is 0 Å². The van der Waals surface area contributed by atoms with Crippen molar-refractivity contribution < 1.29 is 17.9 Å². The van der Waals surface area contributed by atoms with Crippen LogP contribution in [-0.4, -0.2) is 33.7 Å². The Kier molecular flexibility index (Phi) is 4.75. The zero-order chi connectivity index (χ0) is 17.2. The van der Waals surface area contributed by atoms with Gasteiger partial charge in [0.05, 0.1) is 11.4 Å². The fourth-order valence-electron chi connectivity index (χ4n) is 2.37. The van der Waals surface area contributed by atoms with Crippen LogP contribution in [0.15, 0.2) is 59.5 Å². The molecule has 1 atom stereocenters. The summed E-state index contributed by atoms with van der Waals surface area (Å²) in [5, 5.41) is 0.508. The summed E-state index contributed by atoms with van der Waals surface area (Å²) in [5.74, 6) is 0. The second-order valence-electron chi connectivity index (χ2n) is 5.26. The maximum absolute atomic E-state index is 12.2. The highest BCUT2D eigenvalue weighted by Gasteiger charge is 2.33. The van der Waals surface area contributed by atoms with E-state index in [4.69, 9.17) is 16.3 Å². The lowest BCUT2D eigenvalue weighted by Crippen LogP contribution is -2.34. The third-order valence-electron chi connectivity index (χ3n) is 3.55. The van der Waals surface area contributed by atoms with E-state index < -0.39 is 22.2 Å². The molecule has 126 valence electrons. The molecule has 0 radical (unpaired) electrons. The smallest absolute Gasteiger partial charge is 0.414 e. The Morgan fingerprint density at radius 3 is 2.62 bits per heavy atom. The van der Waals surface area contributed by atoms with Crippen molar-refractivity contribution in [3.63, 3.8) is 0 Å². The van der Waals surface area contributed by atoms with Crippen molar-refractivity contribution in [2.24, 2.45) is 0 Å². The molecule has 3 rings (SSSR count). The lowest BCUT2D eigenvalue weighted by Gasteiger charge is -2.13. The number of carbonyl (C=O) groups excluding carboxylic acids is 1. The molecule has 1 amide bonds. The molecule has 0 aliphatic carbocycles. The van der Waals surface area contributed by atoms with Crippen LogP contribution in [0.4, 0.5) is 10.5 Å². The van der Waals surface area contributed by atoms with Crippen LogP contribution in [-0.2, 0) is 14.8 Å². The Balaban J connectivity index is 1.65. The molecule has 8 heteroatoms. The number of sulfonamides is 1. The standard InChI is InChI=1S/C16H15ClN2O4S/c17-12-5-4-6-13(9-12)19-11-14(23-16(19)20)10-18-24(21,22)15-7-2-1-3-8-15/h1-9,14,18H,10-11H2. The number of hydrogen-bond acceptors (Lipinski definition) is 4. The van der Waals surface area contributed by atoms with Crippen molar-refractivity contribution in [3.8, 4) is 0 Å². The topological polar surface area (TPSA) is 75.7 Å². The van der Waals surface area contributed by atoms with Crippen LogP contribution >= 0.6 is 11.6 Å². The molecule has 1 saturated heterocycles. The number of nitrogens with zero attached hydrogens (tertiary/aromatic N) is 1. The molecule has 1 unspecified atom stereocenters. The summed E-state index contributed by atoms with van der Waals surface area (Å²) in [5.41, 5.74) is 0.612. The van der Waals surface area contributed by atoms with E-state index >= 15 is 0 Å². The third-order valence-corrected chi connectivity index (χ3v) is 5.22. The molecule has 1 N–H and O–H groups in total. The highest BCUT2D eigenvalue weighted by atomic mass is 35.5. The average Bonchev–Trinajstić information content (AvgIpc) is 2.95. The quantitative estimate of drug-likeness (QED) is 0.882. The van der Waals surface area contributed by atoms with E-state index in [9.17, 15) is 13.2 Å². The van der Waals surface area contributed by atoms with Gasteiger partial charge in [0.1, 0.15) is 6.10 Å². The van der Waals surface area contributed by atoms with Crippen LogP contribution in [0.1, 0.15) is 0 Å². The van der Waals surface area contributed by atoms with Gasteiger partial charge in [0.15, 0.2) is 0 Å². The summed E-state index contributed by atoms with van der Waals surface area (Å²) < 4.78 is 32.0. The highest BCUT2D eigenvalue weighted by Crippen LogP contribution is 2.24. The molecule has 2 aromatic rings. The van der Waals surface area contributed by atoms with Gasteiger partial charge in [0, 0.05) is 17.3 Å². The van der Waals surface area contributed by atoms with E-state index in [-0.39, 0.29) is 18.0 Å². The minimum Gasteiger partial charge on any atom is -0.443 e. The summed E-state index contributed by atoms with van der Waals surface area (Å²) in [6, 6.07) is 14.9. The minimum absolute atomic E-state index is 0.0000331. The Hall–Kier alpha value is -2.09. The Morgan fingerprint density at radius 1 is 1.17 bits per heavy atom. The predicted octanol–water partition coefficient (Wildman–Crippen LogP) is 2.64. The number of anilines is 1. The monoisotopic (exact) mass is 366 g/mol. The van der Waals surface area contributed by atoms with E-state index in [1.165, 1.54) is 17.0 Å². The van der Waals surface area contributed by atoms with Gasteiger partial charge in [-0.05, 0) is 30.3 Å². The molecule has 1 fully saturated rings. The van der Waals surface area contributed by atoms with Crippen LogP contribution < -0.4 is 9.62 Å². The number of rotatable bonds is 5. The van der Waals surface area contributed by atoms with E-state index in [2.05, 4.69) is 4.72 Å². The number of hydrogen-bond donors (Lipinski definition) is 1. The second kappa shape index (κ2) is 6.80. The van der Waals surface area contributed by atoms with Crippen LogP contribution in [0.2, 0.25) is 5.02 Å². The van der Waals surface area contributed by atoms with Crippen molar-refractivity contribution >= 4 is 33.4 Å². The molecule has 1 aliphatic rings. The van der Waals surface area contributed by atoms with Crippen LogP contribution in [0.5, 0.6) is 0 Å². The Labute approximate surface area is 145 Å². The number of benzene rings is 2. The van der Waals surface area contributed by atoms with E-state index in [1.807, 2.05) is 0 Å². The van der Waals surface area contributed by atoms with E-state index in [1.54, 1.807) is 42.5 Å². The first-order valence-electron chi connectivity index (χ1n) is 7.24. The van der Waals surface area contributed by atoms with Crippen molar-refractivity contribution in [2.75, 3.05) is 18.0 Å². The molecular weight excluding hydrogens is 352 g/mol. The molecule has 0 saturated carbocycles. The fourth-order valence-corrected chi connectivity index (χ4v) is 3.64. The van der Waals surface area contributed by atoms with Crippen molar-refractivity contribution in [3.05, 3.63) is 59.6 Å². The number of halogens is 1. The van der Waals surface area contributed by atoms with Gasteiger partial charge in [-0.1, -0.05) is 35.9 Å². The van der Waals surface area contributed by atoms with Gasteiger partial charge < -0.3 is 4.74 Å². The molecule has 0 spiro atoms. The van der Waals surface area contributed by atoms with Crippen molar-refractivity contribution in [1.82, 2.24) is 4.72 Å². The summed E-state index contributed by atoms with van der Waals surface area (Å²) in [4.78, 5) is 13.6. The lowest BCUT2D eigenvalue weighted by molar-refractivity contribution is 0.143. The van der Waals surface area contributed by atoms with E-state index in [0.29, 0.717) is 10.7 Å². The van der Waals surface area contributed by atoms with Gasteiger partial charge in [-0.15, -0.1) is 0 Å². The number of amides is 1.